The molecule has 4 rings (SSSR count). The van der Waals surface area contributed by atoms with Gasteiger partial charge in [-0.05, 0) is 72.6 Å². The minimum atomic E-state index is -4.94. The Kier molecular flexibility index (Phi) is 10.5. The van der Waals surface area contributed by atoms with E-state index in [2.05, 4.69) is 31.2 Å². The Hall–Kier alpha value is -3.66. The maximum absolute atomic E-state index is 8.49. The summed E-state index contributed by atoms with van der Waals surface area (Å²) in [4.78, 5) is 0. The van der Waals surface area contributed by atoms with Crippen molar-refractivity contribution in [1.29, 1.82) is 0 Å². The van der Waals surface area contributed by atoms with Crippen LogP contribution in [0.2, 0.25) is 0 Å². The standard InChI is InChI=1S/C29H29O4.ClHO4/c1-4-5-18-32-27-16-6-21(7-17-27)24-19-28(22-8-12-25(30-2)13-9-22)33-29(20-24)23-10-14-26(31-3)15-11-23;2-1(3,4)5/h6-17,19-20H,4-5,18H2,1-3H3;(H,2,3,4,5)/q+1;/p-1. The summed E-state index contributed by atoms with van der Waals surface area (Å²) in [5.41, 5.74) is 4.12. The fourth-order valence-corrected chi connectivity index (χ4v) is 3.54. The van der Waals surface area contributed by atoms with Crippen LogP contribution in [-0.2, 0) is 0 Å². The van der Waals surface area contributed by atoms with Crippen LogP contribution in [0.5, 0.6) is 17.2 Å². The quantitative estimate of drug-likeness (QED) is 0.234. The zero-order valence-corrected chi connectivity index (χ0v) is 22.1. The molecule has 0 aliphatic heterocycles. The van der Waals surface area contributed by atoms with Crippen molar-refractivity contribution in [3.8, 4) is 51.0 Å². The van der Waals surface area contributed by atoms with Crippen LogP contribution in [0.1, 0.15) is 19.8 Å². The third-order valence-corrected chi connectivity index (χ3v) is 5.50. The van der Waals surface area contributed by atoms with Crippen molar-refractivity contribution < 1.29 is 47.5 Å². The third kappa shape index (κ3) is 9.02. The highest BCUT2D eigenvalue weighted by Crippen LogP contribution is 2.34. The van der Waals surface area contributed by atoms with Gasteiger partial charge in [-0.15, -0.1) is 10.2 Å². The normalized spacial score (nSPS) is 10.8. The molecular weight excluding hydrogens is 512 g/mol. The van der Waals surface area contributed by atoms with E-state index in [0.717, 1.165) is 70.5 Å². The fourth-order valence-electron chi connectivity index (χ4n) is 3.54. The van der Waals surface area contributed by atoms with Crippen molar-refractivity contribution in [3.05, 3.63) is 84.9 Å². The van der Waals surface area contributed by atoms with Gasteiger partial charge in [-0.25, -0.2) is 23.1 Å². The van der Waals surface area contributed by atoms with E-state index >= 15 is 0 Å². The van der Waals surface area contributed by atoms with Crippen molar-refractivity contribution in [3.63, 3.8) is 0 Å². The van der Waals surface area contributed by atoms with Gasteiger partial charge in [0.2, 0.25) is 0 Å². The fraction of sp³-hybridized carbons (Fsp3) is 0.207. The number of unbranched alkanes of at least 4 members (excludes halogenated alkanes) is 1. The topological polar surface area (TPSA) is 131 Å². The zero-order chi connectivity index (χ0) is 27.5. The molecule has 8 nitrogen and oxygen atoms in total. The first kappa shape index (κ1) is 28.9. The number of hydrogen-bond acceptors (Lipinski definition) is 7. The molecule has 0 atom stereocenters. The van der Waals surface area contributed by atoms with Crippen LogP contribution in [0.25, 0.3) is 33.8 Å². The first-order valence-electron chi connectivity index (χ1n) is 11.8. The molecule has 0 radical (unpaired) electrons. The summed E-state index contributed by atoms with van der Waals surface area (Å²) in [7, 11) is -1.62. The van der Waals surface area contributed by atoms with Gasteiger partial charge in [0, 0.05) is 5.56 Å². The monoisotopic (exact) mass is 540 g/mol. The van der Waals surface area contributed by atoms with Gasteiger partial charge in [0.05, 0.1) is 44.1 Å². The summed E-state index contributed by atoms with van der Waals surface area (Å²) in [6.07, 6.45) is 2.17. The molecule has 0 fully saturated rings. The van der Waals surface area contributed by atoms with Crippen LogP contribution >= 0.6 is 0 Å². The predicted molar refractivity (Wildman–Crippen MR) is 133 cm³/mol. The smallest absolute Gasteiger partial charge is 0.361 e. The summed E-state index contributed by atoms with van der Waals surface area (Å²) < 4.78 is 56.7. The molecule has 1 heterocycles. The Bertz CT molecular complexity index is 1200. The van der Waals surface area contributed by atoms with Crippen molar-refractivity contribution >= 4 is 0 Å². The van der Waals surface area contributed by atoms with E-state index < -0.39 is 10.2 Å². The van der Waals surface area contributed by atoms with E-state index in [0.29, 0.717) is 0 Å². The van der Waals surface area contributed by atoms with Gasteiger partial charge < -0.3 is 14.2 Å². The lowest BCUT2D eigenvalue weighted by atomic mass is 10.0. The lowest BCUT2D eigenvalue weighted by Crippen LogP contribution is -2.68. The molecule has 9 heteroatoms. The number of halogens is 1. The molecule has 0 amide bonds. The van der Waals surface area contributed by atoms with E-state index in [1.165, 1.54) is 0 Å². The van der Waals surface area contributed by atoms with Gasteiger partial charge in [-0.2, -0.15) is 0 Å². The van der Waals surface area contributed by atoms with E-state index in [1.54, 1.807) is 14.2 Å². The zero-order valence-electron chi connectivity index (χ0n) is 21.3. The maximum atomic E-state index is 8.49. The lowest BCUT2D eigenvalue weighted by Gasteiger charge is -2.17. The number of benzene rings is 3. The Morgan fingerprint density at radius 1 is 0.605 bits per heavy atom. The van der Waals surface area contributed by atoms with Crippen LogP contribution in [0.15, 0.2) is 89.3 Å². The minimum Gasteiger partial charge on any atom is -0.497 e. The Morgan fingerprint density at radius 2 is 1.00 bits per heavy atom. The van der Waals surface area contributed by atoms with Crippen molar-refractivity contribution in [1.82, 2.24) is 0 Å². The van der Waals surface area contributed by atoms with Crippen LogP contribution in [0.4, 0.5) is 0 Å². The van der Waals surface area contributed by atoms with Gasteiger partial charge in [0.1, 0.15) is 17.2 Å². The molecule has 1 aromatic heterocycles. The van der Waals surface area contributed by atoms with Crippen molar-refractivity contribution in [2.45, 2.75) is 19.8 Å². The number of hydrogen-bond donors (Lipinski definition) is 0. The number of rotatable bonds is 9. The molecule has 0 unspecified atom stereocenters. The SMILES string of the molecule is CCCCOc1ccc(-c2cc(-c3ccc(OC)cc3)[o+]c(-c3ccc(OC)cc3)c2)cc1.[O-][Cl+3]([O-])([O-])[O-]. The van der Waals surface area contributed by atoms with Crippen LogP contribution in [-0.4, -0.2) is 20.8 Å². The summed E-state index contributed by atoms with van der Waals surface area (Å²) in [5.74, 6) is 4.07. The minimum absolute atomic E-state index is 0.739. The highest BCUT2D eigenvalue weighted by Gasteiger charge is 2.21. The van der Waals surface area contributed by atoms with Crippen LogP contribution in [0.3, 0.4) is 0 Å². The molecular formula is C29H29ClO8. The second-order valence-electron chi connectivity index (χ2n) is 8.14. The van der Waals surface area contributed by atoms with Gasteiger partial charge in [0.25, 0.3) is 0 Å². The van der Waals surface area contributed by atoms with Crippen molar-refractivity contribution in [2.75, 3.05) is 20.8 Å². The van der Waals surface area contributed by atoms with Gasteiger partial charge in [0.15, 0.2) is 0 Å². The van der Waals surface area contributed by atoms with Crippen LogP contribution in [0, 0.1) is 10.2 Å². The summed E-state index contributed by atoms with van der Waals surface area (Å²) in [6, 6.07) is 28.1. The average molecular weight is 541 g/mol. The molecule has 0 N–H and O–H groups in total. The molecule has 4 aromatic rings. The van der Waals surface area contributed by atoms with Gasteiger partial charge in [-0.3, -0.25) is 0 Å². The second kappa shape index (κ2) is 13.8. The summed E-state index contributed by atoms with van der Waals surface area (Å²) in [5, 5.41) is 0. The highest BCUT2D eigenvalue weighted by molar-refractivity contribution is 5.75. The van der Waals surface area contributed by atoms with E-state index in [9.17, 15) is 0 Å². The number of ether oxygens (including phenoxy) is 3. The molecule has 0 aliphatic carbocycles. The third-order valence-electron chi connectivity index (χ3n) is 5.50. The van der Waals surface area contributed by atoms with E-state index in [1.807, 2.05) is 60.7 Å². The largest absolute Gasteiger partial charge is 0.497 e. The molecule has 3 aromatic carbocycles. The van der Waals surface area contributed by atoms with E-state index in [-0.39, 0.29) is 0 Å². The Balaban J connectivity index is 0.000000732. The average Bonchev–Trinajstić information content (AvgIpc) is 2.92. The van der Waals surface area contributed by atoms with E-state index in [4.69, 9.17) is 37.3 Å². The summed E-state index contributed by atoms with van der Waals surface area (Å²) in [6.45, 7) is 2.90. The summed E-state index contributed by atoms with van der Waals surface area (Å²) >= 11 is 0. The molecule has 0 spiro atoms. The first-order valence-corrected chi connectivity index (χ1v) is 13.1. The van der Waals surface area contributed by atoms with Crippen molar-refractivity contribution in [2.24, 2.45) is 0 Å². The molecule has 38 heavy (non-hydrogen) atoms. The maximum Gasteiger partial charge on any atom is 0.361 e. The second-order valence-corrected chi connectivity index (χ2v) is 8.89. The highest BCUT2D eigenvalue weighted by atomic mass is 35.7. The number of methoxy groups -OCH3 is 2. The molecule has 0 aliphatic rings. The Morgan fingerprint density at radius 3 is 1.39 bits per heavy atom. The van der Waals surface area contributed by atoms with Gasteiger partial charge in [-0.1, -0.05) is 25.5 Å². The Labute approximate surface area is 224 Å². The lowest BCUT2D eigenvalue weighted by molar-refractivity contribution is -2.00. The van der Waals surface area contributed by atoms with Crippen LogP contribution < -0.4 is 32.8 Å². The predicted octanol–water partition coefficient (Wildman–Crippen LogP) is 3.00. The molecule has 0 saturated heterocycles. The van der Waals surface area contributed by atoms with Gasteiger partial charge >= 0.3 is 11.5 Å². The molecule has 0 bridgehead atoms. The molecule has 0 saturated carbocycles. The molecule has 200 valence electrons. The first-order chi connectivity index (χ1) is 18.2.